The Morgan fingerprint density at radius 2 is 1.80 bits per heavy atom. The summed E-state index contributed by atoms with van der Waals surface area (Å²) in [5, 5.41) is 16.3. The Hall–Kier alpha value is -2.82. The van der Waals surface area contributed by atoms with Crippen LogP contribution in [0.1, 0.15) is 5.56 Å². The lowest BCUT2D eigenvalue weighted by Crippen LogP contribution is -1.94. The van der Waals surface area contributed by atoms with Gasteiger partial charge in [-0.05, 0) is 22.6 Å². The highest BCUT2D eigenvalue weighted by Crippen LogP contribution is 2.24. The minimum atomic E-state index is 0.266. The van der Waals surface area contributed by atoms with Crippen molar-refractivity contribution in [3.63, 3.8) is 0 Å². The summed E-state index contributed by atoms with van der Waals surface area (Å²) in [4.78, 5) is 8.59. The molecule has 0 saturated heterocycles. The number of aromatic amines is 1. The fourth-order valence-electron chi connectivity index (χ4n) is 1.99. The number of nitrogens with one attached hydrogen (secondary N) is 1. The van der Waals surface area contributed by atoms with Gasteiger partial charge in [-0.15, -0.1) is 0 Å². The van der Waals surface area contributed by atoms with E-state index in [0.29, 0.717) is 10.5 Å². The Labute approximate surface area is 115 Å². The van der Waals surface area contributed by atoms with Crippen LogP contribution in [0.15, 0.2) is 66.1 Å². The van der Waals surface area contributed by atoms with Crippen LogP contribution >= 0.6 is 0 Å². The van der Waals surface area contributed by atoms with Crippen molar-refractivity contribution < 1.29 is 9.70 Å². The third-order valence-corrected chi connectivity index (χ3v) is 2.98. The average molecular weight is 267 g/mol. The van der Waals surface area contributed by atoms with Gasteiger partial charge in [-0.25, -0.2) is 0 Å². The van der Waals surface area contributed by atoms with Crippen LogP contribution in [0, 0.1) is 5.21 Å². The molecule has 100 valence electrons. The zero-order valence-electron chi connectivity index (χ0n) is 10.7. The van der Waals surface area contributed by atoms with E-state index in [4.69, 9.17) is 4.84 Å². The molecule has 1 heterocycles. The molecule has 3 aromatic rings. The predicted molar refractivity (Wildman–Crippen MR) is 75.2 cm³/mol. The van der Waals surface area contributed by atoms with Gasteiger partial charge in [-0.2, -0.15) is 0 Å². The van der Waals surface area contributed by atoms with Gasteiger partial charge in [-0.3, -0.25) is 0 Å². The minimum Gasteiger partial charge on any atom is -0.592 e. The highest BCUT2D eigenvalue weighted by molar-refractivity contribution is 5.88. The van der Waals surface area contributed by atoms with Gasteiger partial charge in [-0.1, -0.05) is 42.5 Å². The molecule has 0 aliphatic heterocycles. The molecule has 0 saturated carbocycles. The molecule has 0 aliphatic carbocycles. The second-order valence-corrected chi connectivity index (χ2v) is 4.33. The van der Waals surface area contributed by atoms with Gasteiger partial charge >= 0.3 is 0 Å². The van der Waals surface area contributed by atoms with E-state index in [1.54, 1.807) is 6.20 Å². The first-order valence-electron chi connectivity index (χ1n) is 6.25. The van der Waals surface area contributed by atoms with Crippen molar-refractivity contribution >= 4 is 16.6 Å². The van der Waals surface area contributed by atoms with Crippen LogP contribution < -0.4 is 0 Å². The molecular weight excluding hydrogens is 254 g/mol. The highest BCUT2D eigenvalue weighted by atomic mass is 16.7. The first-order valence-corrected chi connectivity index (χ1v) is 6.25. The molecule has 0 radical (unpaired) electrons. The summed E-state index contributed by atoms with van der Waals surface area (Å²) in [7, 11) is 0. The van der Waals surface area contributed by atoms with Gasteiger partial charge in [0.15, 0.2) is 0 Å². The van der Waals surface area contributed by atoms with Crippen molar-refractivity contribution in [3.8, 4) is 0 Å². The monoisotopic (exact) mass is 267 g/mol. The molecule has 5 nitrogen and oxygen atoms in total. The third kappa shape index (κ3) is 2.47. The first-order chi connectivity index (χ1) is 9.84. The van der Waals surface area contributed by atoms with Crippen molar-refractivity contribution in [1.29, 1.82) is 0 Å². The molecule has 3 rings (SSSR count). The Bertz CT molecular complexity index is 735. The van der Waals surface area contributed by atoms with Crippen molar-refractivity contribution in [1.82, 2.24) is 4.98 Å². The number of fused-ring (bicyclic) bond motifs is 1. The Kier molecular flexibility index (Phi) is 3.33. The van der Waals surface area contributed by atoms with Crippen LogP contribution in [0.5, 0.6) is 0 Å². The minimum absolute atomic E-state index is 0.266. The molecule has 1 aromatic heterocycles. The molecule has 20 heavy (non-hydrogen) atoms. The van der Waals surface area contributed by atoms with Crippen molar-refractivity contribution in [2.24, 2.45) is 5.28 Å². The fraction of sp³-hybridized carbons (Fsp3) is 0.0667. The van der Waals surface area contributed by atoms with E-state index in [2.05, 4.69) is 10.3 Å². The van der Waals surface area contributed by atoms with E-state index in [-0.39, 0.29) is 6.61 Å². The van der Waals surface area contributed by atoms with E-state index in [0.717, 1.165) is 16.5 Å². The summed E-state index contributed by atoms with van der Waals surface area (Å²) in [5.74, 6) is 0. The van der Waals surface area contributed by atoms with E-state index in [1.165, 1.54) is 0 Å². The van der Waals surface area contributed by atoms with E-state index >= 15 is 0 Å². The largest absolute Gasteiger partial charge is 0.592 e. The topological polar surface area (TPSA) is 63.4 Å². The molecule has 0 bridgehead atoms. The van der Waals surface area contributed by atoms with Crippen LogP contribution in [0.4, 0.5) is 5.69 Å². The SMILES string of the molecule is [O-]/[N+](=N/OCc1ccccc1)c1c[nH]c2ccccc12. The molecule has 0 atom stereocenters. The number of H-pyrrole nitrogens is 1. The zero-order chi connectivity index (χ0) is 13.8. The molecular formula is C15H13N3O2. The highest BCUT2D eigenvalue weighted by Gasteiger charge is 2.11. The molecule has 1 N–H and O–H groups in total. The summed E-state index contributed by atoms with van der Waals surface area (Å²) in [6.07, 6.45) is 1.62. The lowest BCUT2D eigenvalue weighted by atomic mass is 10.2. The summed E-state index contributed by atoms with van der Waals surface area (Å²) >= 11 is 0. The number of para-hydroxylation sites is 1. The average Bonchev–Trinajstić information content (AvgIpc) is 2.92. The maximum atomic E-state index is 11.9. The van der Waals surface area contributed by atoms with Gasteiger partial charge in [0.25, 0.3) is 5.69 Å². The smallest absolute Gasteiger partial charge is 0.273 e. The Morgan fingerprint density at radius 3 is 2.65 bits per heavy atom. The standard InChI is InChI=1S/C15H13N3O2/c19-18(17-20-11-12-6-2-1-3-7-12)15-10-16-14-9-5-4-8-13(14)15/h1-10,16H,11H2/b18-17+. The van der Waals surface area contributed by atoms with Gasteiger partial charge in [0.2, 0.25) is 5.28 Å². The Morgan fingerprint density at radius 1 is 1.05 bits per heavy atom. The summed E-state index contributed by atoms with van der Waals surface area (Å²) in [6.45, 7) is 0.266. The molecule has 0 fully saturated rings. The summed E-state index contributed by atoms with van der Waals surface area (Å²) in [5.41, 5.74) is 2.29. The van der Waals surface area contributed by atoms with E-state index in [1.807, 2.05) is 54.6 Å². The van der Waals surface area contributed by atoms with Gasteiger partial charge in [0.05, 0.1) is 17.1 Å². The van der Waals surface area contributed by atoms with Crippen molar-refractivity contribution in [3.05, 3.63) is 71.6 Å². The fourth-order valence-corrected chi connectivity index (χ4v) is 1.99. The van der Waals surface area contributed by atoms with Crippen LogP contribution in [0.2, 0.25) is 0 Å². The van der Waals surface area contributed by atoms with Crippen molar-refractivity contribution in [2.45, 2.75) is 6.61 Å². The molecule has 5 heteroatoms. The van der Waals surface area contributed by atoms with Gasteiger partial charge in [0.1, 0.15) is 6.61 Å². The number of hydrogen-bond acceptors (Lipinski definition) is 3. The van der Waals surface area contributed by atoms with Crippen LogP contribution in [0.25, 0.3) is 10.9 Å². The van der Waals surface area contributed by atoms with E-state index in [9.17, 15) is 5.21 Å². The number of aromatic nitrogens is 1. The Balaban J connectivity index is 1.75. The maximum Gasteiger partial charge on any atom is 0.273 e. The predicted octanol–water partition coefficient (Wildman–Crippen LogP) is 3.89. The normalized spacial score (nSPS) is 11.7. The molecule has 2 aromatic carbocycles. The van der Waals surface area contributed by atoms with Gasteiger partial charge < -0.3 is 15.0 Å². The van der Waals surface area contributed by atoms with E-state index < -0.39 is 0 Å². The van der Waals surface area contributed by atoms with Crippen LogP contribution in [-0.2, 0) is 11.4 Å². The van der Waals surface area contributed by atoms with Crippen molar-refractivity contribution in [2.75, 3.05) is 0 Å². The number of hydrogen-bond donors (Lipinski definition) is 1. The number of nitrogens with zero attached hydrogens (tertiary/aromatic N) is 2. The second-order valence-electron chi connectivity index (χ2n) is 4.33. The molecule has 0 amide bonds. The molecule has 0 aliphatic rings. The third-order valence-electron chi connectivity index (χ3n) is 2.98. The number of rotatable bonds is 4. The lowest BCUT2D eigenvalue weighted by molar-refractivity contribution is -0.478. The summed E-state index contributed by atoms with van der Waals surface area (Å²) < 4.78 is 0. The zero-order valence-corrected chi connectivity index (χ0v) is 10.7. The summed E-state index contributed by atoms with van der Waals surface area (Å²) in [6, 6.07) is 17.1. The lowest BCUT2D eigenvalue weighted by Gasteiger charge is -1.99. The van der Waals surface area contributed by atoms with Gasteiger partial charge in [0, 0.05) is 0 Å². The molecule has 0 spiro atoms. The maximum absolute atomic E-state index is 11.9. The second kappa shape index (κ2) is 5.44. The number of benzene rings is 2. The van der Waals surface area contributed by atoms with Crippen LogP contribution in [0.3, 0.4) is 0 Å². The van der Waals surface area contributed by atoms with Crippen LogP contribution in [-0.4, -0.2) is 9.84 Å². The molecule has 0 unspecified atom stereocenters. The first kappa shape index (κ1) is 12.2. The quantitative estimate of drug-likeness (QED) is 0.442.